The van der Waals surface area contributed by atoms with Crippen LogP contribution in [0.2, 0.25) is 5.02 Å². The van der Waals surface area contributed by atoms with Gasteiger partial charge in [-0.3, -0.25) is 4.79 Å². The molecule has 1 aromatic carbocycles. The van der Waals surface area contributed by atoms with Crippen LogP contribution in [0.25, 0.3) is 0 Å². The standard InChI is InChI=1S/C27H35ClO2S/c1-17-15-23-27(3,13-10-24(29)31-23)22-9-12-26(2)18(7-8-21(26)25(17)22)11-14-30-20-6-4-5-19(28)16-20/h4-6,10,13,16-18,21-23,25H,7-9,11-12,14-15H2,1-3H3/t17-,18+,21-,22-,23+,25-,26+,27+/m0/s1. The molecule has 1 aliphatic heterocycles. The van der Waals surface area contributed by atoms with Gasteiger partial charge in [-0.25, -0.2) is 0 Å². The molecule has 0 aromatic heterocycles. The Morgan fingerprint density at radius 2 is 2.03 bits per heavy atom. The van der Waals surface area contributed by atoms with Crippen LogP contribution in [0.4, 0.5) is 0 Å². The van der Waals surface area contributed by atoms with Crippen molar-refractivity contribution in [2.75, 3.05) is 6.61 Å². The van der Waals surface area contributed by atoms with Crippen LogP contribution in [0, 0.1) is 40.4 Å². The van der Waals surface area contributed by atoms with E-state index in [1.54, 1.807) is 11.8 Å². The largest absolute Gasteiger partial charge is 0.494 e. The Kier molecular flexibility index (Phi) is 5.74. The third-order valence-electron chi connectivity index (χ3n) is 9.63. The van der Waals surface area contributed by atoms with E-state index < -0.39 is 0 Å². The van der Waals surface area contributed by atoms with E-state index in [0.717, 1.165) is 47.5 Å². The number of carbonyl (C=O) groups is 1. The lowest BCUT2D eigenvalue weighted by atomic mass is 9.47. The van der Waals surface area contributed by atoms with Crippen LogP contribution in [-0.4, -0.2) is 17.0 Å². The molecule has 0 amide bonds. The van der Waals surface area contributed by atoms with Gasteiger partial charge in [0, 0.05) is 15.7 Å². The van der Waals surface area contributed by atoms with Crippen molar-refractivity contribution in [1.82, 2.24) is 0 Å². The molecule has 2 nitrogen and oxygen atoms in total. The Hall–Kier alpha value is -0.930. The minimum absolute atomic E-state index is 0.185. The maximum absolute atomic E-state index is 12.1. The second kappa shape index (κ2) is 8.13. The first-order valence-electron chi connectivity index (χ1n) is 12.1. The minimum Gasteiger partial charge on any atom is -0.494 e. The summed E-state index contributed by atoms with van der Waals surface area (Å²) in [6.07, 6.45) is 11.8. The van der Waals surface area contributed by atoms with Crippen molar-refractivity contribution in [3.8, 4) is 5.75 Å². The summed E-state index contributed by atoms with van der Waals surface area (Å²) in [6, 6.07) is 7.75. The number of fused-ring (bicyclic) bond motifs is 5. The predicted molar refractivity (Wildman–Crippen MR) is 130 cm³/mol. The number of thioether (sulfide) groups is 1. The van der Waals surface area contributed by atoms with Crippen LogP contribution in [0.5, 0.6) is 5.75 Å². The topological polar surface area (TPSA) is 26.3 Å². The molecule has 0 N–H and O–H groups in total. The van der Waals surface area contributed by atoms with Crippen molar-refractivity contribution in [3.05, 3.63) is 41.4 Å². The molecule has 0 radical (unpaired) electrons. The molecule has 4 aliphatic rings. The fourth-order valence-corrected chi connectivity index (χ4v) is 9.51. The molecule has 8 atom stereocenters. The molecule has 3 aliphatic carbocycles. The predicted octanol–water partition coefficient (Wildman–Crippen LogP) is 7.41. The van der Waals surface area contributed by atoms with Crippen molar-refractivity contribution in [2.45, 2.75) is 64.5 Å². The highest BCUT2D eigenvalue weighted by atomic mass is 35.5. The summed E-state index contributed by atoms with van der Waals surface area (Å²) >= 11 is 7.72. The highest BCUT2D eigenvalue weighted by Gasteiger charge is 2.61. The zero-order chi connectivity index (χ0) is 21.8. The molecule has 1 aromatic rings. The van der Waals surface area contributed by atoms with Gasteiger partial charge in [0.25, 0.3) is 0 Å². The number of rotatable bonds is 4. The average Bonchev–Trinajstić information content (AvgIpc) is 3.06. The number of carbonyl (C=O) groups excluding carboxylic acids is 1. The first kappa shape index (κ1) is 21.9. The number of allylic oxidation sites excluding steroid dienone is 1. The van der Waals surface area contributed by atoms with Gasteiger partial charge < -0.3 is 4.74 Å². The summed E-state index contributed by atoms with van der Waals surface area (Å²) in [5.74, 6) is 4.65. The first-order chi connectivity index (χ1) is 14.8. The molecule has 0 saturated heterocycles. The van der Waals surface area contributed by atoms with E-state index in [-0.39, 0.29) is 10.5 Å². The fourth-order valence-electron chi connectivity index (χ4n) is 7.99. The van der Waals surface area contributed by atoms with E-state index in [2.05, 4.69) is 26.8 Å². The highest BCUT2D eigenvalue weighted by Crippen LogP contribution is 2.67. The first-order valence-corrected chi connectivity index (χ1v) is 13.4. The molecular weight excluding hydrogens is 424 g/mol. The van der Waals surface area contributed by atoms with Crippen LogP contribution >= 0.6 is 23.4 Å². The summed E-state index contributed by atoms with van der Waals surface area (Å²) in [6.45, 7) is 8.28. The summed E-state index contributed by atoms with van der Waals surface area (Å²) in [7, 11) is 0. The molecule has 1 heterocycles. The van der Waals surface area contributed by atoms with Crippen LogP contribution < -0.4 is 4.74 Å². The van der Waals surface area contributed by atoms with E-state index >= 15 is 0 Å². The molecule has 3 saturated carbocycles. The van der Waals surface area contributed by atoms with Gasteiger partial charge in [-0.2, -0.15) is 0 Å². The Morgan fingerprint density at radius 1 is 1.19 bits per heavy atom. The lowest BCUT2D eigenvalue weighted by molar-refractivity contribution is -0.108. The van der Waals surface area contributed by atoms with Crippen LogP contribution in [0.3, 0.4) is 0 Å². The second-order valence-corrected chi connectivity index (χ2v) is 12.7. The molecule has 4 heteroatoms. The maximum atomic E-state index is 12.1. The van der Waals surface area contributed by atoms with E-state index in [1.165, 1.54) is 32.1 Å². The Balaban J connectivity index is 1.30. The number of hydrogen-bond donors (Lipinski definition) is 0. The smallest absolute Gasteiger partial charge is 0.212 e. The number of benzene rings is 1. The number of hydrogen-bond acceptors (Lipinski definition) is 3. The van der Waals surface area contributed by atoms with Gasteiger partial charge >= 0.3 is 0 Å². The molecule has 5 rings (SSSR count). The van der Waals surface area contributed by atoms with Gasteiger partial charge in [-0.15, -0.1) is 0 Å². The average molecular weight is 459 g/mol. The van der Waals surface area contributed by atoms with Gasteiger partial charge in [0.1, 0.15) is 5.75 Å². The van der Waals surface area contributed by atoms with Crippen molar-refractivity contribution < 1.29 is 9.53 Å². The lowest BCUT2D eigenvalue weighted by Gasteiger charge is -2.60. The summed E-state index contributed by atoms with van der Waals surface area (Å²) in [5, 5.41) is 1.46. The molecule has 3 fully saturated rings. The van der Waals surface area contributed by atoms with Gasteiger partial charge in [0.05, 0.1) is 6.61 Å². The molecule has 31 heavy (non-hydrogen) atoms. The van der Waals surface area contributed by atoms with Crippen LogP contribution in [0.15, 0.2) is 36.4 Å². The van der Waals surface area contributed by atoms with Gasteiger partial charge in [-0.1, -0.05) is 56.3 Å². The minimum atomic E-state index is 0.185. The van der Waals surface area contributed by atoms with E-state index in [9.17, 15) is 4.79 Å². The number of halogens is 1. The summed E-state index contributed by atoms with van der Waals surface area (Å²) < 4.78 is 6.07. The van der Waals surface area contributed by atoms with Gasteiger partial charge in [0.2, 0.25) is 5.12 Å². The Labute approximate surface area is 196 Å². The van der Waals surface area contributed by atoms with Crippen molar-refractivity contribution >= 4 is 28.5 Å². The SMILES string of the molecule is C[C@H]1C[C@H]2SC(=O)C=C[C@]2(C)[C@H]2CC[C@]3(C)[C@@H](CCOc4cccc(Cl)c4)CC[C@H]3[C@H]12. The third kappa shape index (κ3) is 3.68. The fraction of sp³-hybridized carbons (Fsp3) is 0.667. The molecule has 0 unspecified atom stereocenters. The van der Waals surface area contributed by atoms with E-state index in [1.807, 2.05) is 30.3 Å². The normalized spacial score (nSPS) is 43.8. The third-order valence-corrected chi connectivity index (χ3v) is 11.2. The zero-order valence-corrected chi connectivity index (χ0v) is 20.6. The molecule has 168 valence electrons. The van der Waals surface area contributed by atoms with Crippen molar-refractivity contribution in [2.24, 2.45) is 40.4 Å². The van der Waals surface area contributed by atoms with Crippen LogP contribution in [0.1, 0.15) is 59.3 Å². The Bertz CT molecular complexity index is 884. The Morgan fingerprint density at radius 3 is 2.84 bits per heavy atom. The monoisotopic (exact) mass is 458 g/mol. The van der Waals surface area contributed by atoms with Crippen molar-refractivity contribution in [1.29, 1.82) is 0 Å². The van der Waals surface area contributed by atoms with E-state index in [0.29, 0.717) is 16.6 Å². The lowest BCUT2D eigenvalue weighted by Crippen LogP contribution is -2.55. The maximum Gasteiger partial charge on any atom is 0.212 e. The molecular formula is C27H35ClO2S. The van der Waals surface area contributed by atoms with Crippen LogP contribution in [-0.2, 0) is 4.79 Å². The number of ether oxygens (including phenoxy) is 1. The summed E-state index contributed by atoms with van der Waals surface area (Å²) in [4.78, 5) is 12.1. The highest BCUT2D eigenvalue weighted by molar-refractivity contribution is 8.14. The quantitative estimate of drug-likeness (QED) is 0.469. The summed E-state index contributed by atoms with van der Waals surface area (Å²) in [5.41, 5.74) is 0.614. The van der Waals surface area contributed by atoms with Crippen molar-refractivity contribution in [3.63, 3.8) is 0 Å². The second-order valence-electron chi connectivity index (χ2n) is 11.0. The zero-order valence-electron chi connectivity index (χ0n) is 19.0. The van der Waals surface area contributed by atoms with E-state index in [4.69, 9.17) is 16.3 Å². The molecule has 0 spiro atoms. The van der Waals surface area contributed by atoms with Gasteiger partial charge in [-0.05, 0) is 97.8 Å². The molecule has 0 bridgehead atoms. The van der Waals surface area contributed by atoms with Gasteiger partial charge in [0.15, 0.2) is 0 Å².